The fourth-order valence-corrected chi connectivity index (χ4v) is 1.66. The third kappa shape index (κ3) is 11.6. The van der Waals surface area contributed by atoms with E-state index in [-0.39, 0.29) is 13.0 Å². The summed E-state index contributed by atoms with van der Waals surface area (Å²) in [5.74, 6) is -0.959. The van der Waals surface area contributed by atoms with E-state index in [0.717, 1.165) is 0 Å². The summed E-state index contributed by atoms with van der Waals surface area (Å²) >= 11 is 0. The predicted octanol–water partition coefficient (Wildman–Crippen LogP) is -1.55. The average molecular weight is 269 g/mol. The Morgan fingerprint density at radius 3 is 2.29 bits per heavy atom. The molecule has 0 aromatic rings. The monoisotopic (exact) mass is 269 g/mol. The Balaban J connectivity index is 3.87. The van der Waals surface area contributed by atoms with Crippen molar-refractivity contribution in [1.82, 2.24) is 5.32 Å². The molecule has 0 saturated carbocycles. The Morgan fingerprint density at radius 1 is 1.35 bits per heavy atom. The number of nitrogens with zero attached hydrogens (tertiary/aromatic N) is 1. The molecule has 1 amide bonds. The van der Waals surface area contributed by atoms with Crippen molar-refractivity contribution in [2.75, 3.05) is 40.0 Å². The summed E-state index contributed by atoms with van der Waals surface area (Å²) in [5.41, 5.74) is 0. The maximum absolute atomic E-state index is 11.3. The Labute approximate surface area is 102 Å². The molecule has 102 valence electrons. The molecule has 0 aliphatic heterocycles. The smallest absolute Gasteiger partial charge is 0.266 e. The van der Waals surface area contributed by atoms with Gasteiger partial charge in [-0.15, -0.1) is 0 Å². The summed E-state index contributed by atoms with van der Waals surface area (Å²) in [7, 11) is 1.61. The van der Waals surface area contributed by atoms with Crippen LogP contribution in [0.5, 0.6) is 0 Å². The van der Waals surface area contributed by atoms with Gasteiger partial charge in [-0.05, 0) is 0 Å². The number of carbonyl (C=O) groups excluding carboxylic acids is 1. The van der Waals surface area contributed by atoms with E-state index < -0.39 is 27.9 Å². The van der Waals surface area contributed by atoms with Crippen LogP contribution in [0.25, 0.3) is 0 Å². The molecule has 17 heavy (non-hydrogen) atoms. The van der Waals surface area contributed by atoms with Crippen LogP contribution in [0.15, 0.2) is 0 Å². The van der Waals surface area contributed by atoms with Gasteiger partial charge in [0.2, 0.25) is 5.91 Å². The standard InChI is InChI=1S/C9H20N2O5S/c1-11(2,3)7-8(12)6-9(13)10-4-5-17(14,15)16/h8,12H,4-7H2,1-3H3,(H-,10,13,14,15,16)/p+1. The van der Waals surface area contributed by atoms with Crippen LogP contribution in [-0.2, 0) is 14.9 Å². The highest BCUT2D eigenvalue weighted by Crippen LogP contribution is 1.99. The molecule has 0 spiro atoms. The van der Waals surface area contributed by atoms with Crippen LogP contribution in [0, 0.1) is 0 Å². The number of rotatable bonds is 7. The van der Waals surface area contributed by atoms with E-state index in [2.05, 4.69) is 5.32 Å². The minimum atomic E-state index is -4.06. The summed E-state index contributed by atoms with van der Waals surface area (Å²) in [6, 6.07) is 0. The number of hydrogen-bond donors (Lipinski definition) is 3. The van der Waals surface area contributed by atoms with E-state index in [4.69, 9.17) is 4.55 Å². The van der Waals surface area contributed by atoms with Crippen molar-refractivity contribution in [3.05, 3.63) is 0 Å². The van der Waals surface area contributed by atoms with Gasteiger partial charge in [-0.3, -0.25) is 9.35 Å². The van der Waals surface area contributed by atoms with E-state index in [1.807, 2.05) is 21.1 Å². The van der Waals surface area contributed by atoms with E-state index in [1.54, 1.807) is 0 Å². The Morgan fingerprint density at radius 2 is 1.88 bits per heavy atom. The molecule has 1 atom stereocenters. The summed E-state index contributed by atoms with van der Waals surface area (Å²) in [6.45, 7) is 0.264. The normalized spacial score (nSPS) is 14.4. The second kappa shape index (κ2) is 6.29. The van der Waals surface area contributed by atoms with Gasteiger partial charge in [-0.2, -0.15) is 8.42 Å². The molecule has 0 heterocycles. The molecule has 0 aliphatic carbocycles. The summed E-state index contributed by atoms with van der Waals surface area (Å²) in [6.07, 6.45) is -0.859. The van der Waals surface area contributed by atoms with Gasteiger partial charge in [-0.25, -0.2) is 0 Å². The zero-order valence-corrected chi connectivity index (χ0v) is 11.2. The Kier molecular flexibility index (Phi) is 6.03. The van der Waals surface area contributed by atoms with Crippen LogP contribution in [0.4, 0.5) is 0 Å². The molecule has 0 fully saturated rings. The van der Waals surface area contributed by atoms with Gasteiger partial charge < -0.3 is 14.9 Å². The van der Waals surface area contributed by atoms with Gasteiger partial charge in [0.05, 0.1) is 33.3 Å². The first-order valence-corrected chi connectivity index (χ1v) is 6.81. The molecule has 3 N–H and O–H groups in total. The van der Waals surface area contributed by atoms with Crippen LogP contribution < -0.4 is 5.32 Å². The molecule has 0 aliphatic rings. The topological polar surface area (TPSA) is 104 Å². The van der Waals surface area contributed by atoms with Crippen molar-refractivity contribution in [2.45, 2.75) is 12.5 Å². The lowest BCUT2D eigenvalue weighted by Gasteiger charge is -2.26. The number of amides is 1. The van der Waals surface area contributed by atoms with Crippen molar-refractivity contribution in [2.24, 2.45) is 0 Å². The number of nitrogens with one attached hydrogen (secondary N) is 1. The number of likely N-dealkylation sites (N-methyl/N-ethyl adjacent to an activating group) is 1. The van der Waals surface area contributed by atoms with Crippen LogP contribution in [0.2, 0.25) is 0 Å². The molecule has 1 unspecified atom stereocenters. The summed E-state index contributed by atoms with van der Waals surface area (Å²) in [4.78, 5) is 11.3. The maximum Gasteiger partial charge on any atom is 0.266 e. The molecule has 0 aromatic carbocycles. The van der Waals surface area contributed by atoms with E-state index in [9.17, 15) is 18.3 Å². The first-order valence-electron chi connectivity index (χ1n) is 5.20. The van der Waals surface area contributed by atoms with E-state index >= 15 is 0 Å². The van der Waals surface area contributed by atoms with Crippen LogP contribution in [0.1, 0.15) is 6.42 Å². The van der Waals surface area contributed by atoms with Crippen molar-refractivity contribution in [3.63, 3.8) is 0 Å². The summed E-state index contributed by atoms with van der Waals surface area (Å²) < 4.78 is 29.7. The maximum atomic E-state index is 11.3. The van der Waals surface area contributed by atoms with Crippen molar-refractivity contribution < 1.29 is 27.4 Å². The van der Waals surface area contributed by atoms with Gasteiger partial charge in [0.1, 0.15) is 12.6 Å². The lowest BCUT2D eigenvalue weighted by Crippen LogP contribution is -2.43. The molecular weight excluding hydrogens is 248 g/mol. The highest BCUT2D eigenvalue weighted by Gasteiger charge is 2.18. The van der Waals surface area contributed by atoms with Crippen LogP contribution in [-0.4, -0.2) is 74.6 Å². The number of aliphatic hydroxyl groups is 1. The quantitative estimate of drug-likeness (QED) is 0.383. The third-order valence-corrected chi connectivity index (χ3v) is 2.58. The van der Waals surface area contributed by atoms with Crippen molar-refractivity contribution >= 4 is 16.0 Å². The molecule has 0 saturated heterocycles. The lowest BCUT2D eigenvalue weighted by molar-refractivity contribution is -0.873. The number of aliphatic hydroxyl groups excluding tert-OH is 1. The largest absolute Gasteiger partial charge is 0.387 e. The second-order valence-corrected chi connectivity index (χ2v) is 6.54. The molecule has 0 radical (unpaired) electrons. The van der Waals surface area contributed by atoms with Gasteiger partial charge in [0.25, 0.3) is 10.1 Å². The minimum Gasteiger partial charge on any atom is -0.387 e. The molecular formula is C9H21N2O5S+. The molecule has 0 aromatic heterocycles. The fourth-order valence-electron chi connectivity index (χ4n) is 1.30. The van der Waals surface area contributed by atoms with Crippen molar-refractivity contribution in [3.8, 4) is 0 Å². The van der Waals surface area contributed by atoms with Gasteiger partial charge in [0, 0.05) is 6.54 Å². The highest BCUT2D eigenvalue weighted by molar-refractivity contribution is 7.85. The number of quaternary nitrogens is 1. The highest BCUT2D eigenvalue weighted by atomic mass is 32.2. The first-order chi connectivity index (χ1) is 7.49. The van der Waals surface area contributed by atoms with Crippen LogP contribution in [0.3, 0.4) is 0 Å². The van der Waals surface area contributed by atoms with Crippen LogP contribution >= 0.6 is 0 Å². The molecule has 0 rings (SSSR count). The molecule has 8 heteroatoms. The van der Waals surface area contributed by atoms with E-state index in [0.29, 0.717) is 11.0 Å². The fraction of sp³-hybridized carbons (Fsp3) is 0.889. The first kappa shape index (κ1) is 16.3. The Bertz CT molecular complexity index is 347. The SMILES string of the molecule is C[N+](C)(C)CC(O)CC(=O)NCCS(=O)(=O)O. The number of hydrogen-bond acceptors (Lipinski definition) is 4. The van der Waals surface area contributed by atoms with E-state index in [1.165, 1.54) is 0 Å². The Hall–Kier alpha value is -0.700. The van der Waals surface area contributed by atoms with Gasteiger partial charge in [-0.1, -0.05) is 0 Å². The minimum absolute atomic E-state index is 0.0823. The zero-order valence-electron chi connectivity index (χ0n) is 10.4. The van der Waals surface area contributed by atoms with Crippen molar-refractivity contribution in [1.29, 1.82) is 0 Å². The number of carbonyl (C=O) groups is 1. The summed E-state index contributed by atoms with van der Waals surface area (Å²) in [5, 5.41) is 11.9. The lowest BCUT2D eigenvalue weighted by atomic mass is 10.2. The third-order valence-electron chi connectivity index (χ3n) is 1.86. The predicted molar refractivity (Wildman–Crippen MR) is 62.9 cm³/mol. The van der Waals surface area contributed by atoms with Gasteiger partial charge in [0.15, 0.2) is 0 Å². The van der Waals surface area contributed by atoms with Gasteiger partial charge >= 0.3 is 0 Å². The molecule has 0 bridgehead atoms. The molecule has 7 nitrogen and oxygen atoms in total. The average Bonchev–Trinajstić information content (AvgIpc) is 1.96. The zero-order chi connectivity index (χ0) is 13.7. The second-order valence-electron chi connectivity index (χ2n) is 4.97.